The Morgan fingerprint density at radius 1 is 1.19 bits per heavy atom. The van der Waals surface area contributed by atoms with Gasteiger partial charge in [-0.05, 0) is 24.0 Å². The zero-order chi connectivity index (χ0) is 14.7. The van der Waals surface area contributed by atoms with Crippen molar-refractivity contribution in [2.24, 2.45) is 0 Å². The van der Waals surface area contributed by atoms with Crippen molar-refractivity contribution in [2.45, 2.75) is 13.0 Å². The molecule has 0 N–H and O–H groups in total. The first kappa shape index (κ1) is 14.2. The molecule has 1 amide bonds. The van der Waals surface area contributed by atoms with Gasteiger partial charge in [0.15, 0.2) is 5.69 Å². The smallest absolute Gasteiger partial charge is 0.275 e. The fourth-order valence-electron chi connectivity index (χ4n) is 2.67. The summed E-state index contributed by atoms with van der Waals surface area (Å²) in [6, 6.07) is 10.9. The molecule has 1 atom stereocenters. The van der Waals surface area contributed by atoms with Crippen LogP contribution in [-0.4, -0.2) is 51.5 Å². The molecule has 1 fully saturated rings. The van der Waals surface area contributed by atoms with Gasteiger partial charge in [-0.25, -0.2) is 0 Å². The van der Waals surface area contributed by atoms with Gasteiger partial charge in [-0.15, -0.1) is 5.10 Å². The fourth-order valence-corrected chi connectivity index (χ4v) is 3.10. The third-order valence-corrected chi connectivity index (χ3v) is 4.51. The lowest BCUT2D eigenvalue weighted by Crippen LogP contribution is -2.49. The average molecular weight is 302 g/mol. The van der Waals surface area contributed by atoms with Crippen LogP contribution in [0.1, 0.15) is 29.0 Å². The number of aromatic nitrogens is 2. The lowest BCUT2D eigenvalue weighted by atomic mass is 10.1. The number of nitrogens with zero attached hydrogens (tertiary/aromatic N) is 4. The molecule has 2 aromatic rings. The summed E-state index contributed by atoms with van der Waals surface area (Å²) in [6.45, 7) is 5.48. The second kappa shape index (κ2) is 6.32. The van der Waals surface area contributed by atoms with E-state index in [0.29, 0.717) is 11.7 Å². The van der Waals surface area contributed by atoms with Gasteiger partial charge in [0.2, 0.25) is 0 Å². The summed E-state index contributed by atoms with van der Waals surface area (Å²) >= 11 is 1.22. The maximum Gasteiger partial charge on any atom is 0.275 e. The molecule has 110 valence electrons. The average Bonchev–Trinajstić information content (AvgIpc) is 3.09. The number of amides is 1. The minimum absolute atomic E-state index is 0.00392. The van der Waals surface area contributed by atoms with Gasteiger partial charge in [0.1, 0.15) is 0 Å². The predicted molar refractivity (Wildman–Crippen MR) is 82.2 cm³/mol. The second-order valence-electron chi connectivity index (χ2n) is 5.20. The number of carbonyl (C=O) groups excluding carboxylic acids is 1. The molecule has 3 rings (SSSR count). The van der Waals surface area contributed by atoms with Crippen LogP contribution in [0.5, 0.6) is 0 Å². The maximum atomic E-state index is 12.2. The van der Waals surface area contributed by atoms with Crippen molar-refractivity contribution in [2.75, 3.05) is 26.2 Å². The molecule has 1 aliphatic rings. The highest BCUT2D eigenvalue weighted by Crippen LogP contribution is 2.21. The standard InChI is InChI=1S/C15H18N4OS/c1-12(13-5-3-2-4-6-13)18-7-9-19(10-8-18)15(20)14-11-21-17-16-14/h2-6,11-12H,7-10H2,1H3. The molecule has 21 heavy (non-hydrogen) atoms. The highest BCUT2D eigenvalue weighted by molar-refractivity contribution is 7.03. The van der Waals surface area contributed by atoms with Crippen molar-refractivity contribution < 1.29 is 4.79 Å². The van der Waals surface area contributed by atoms with Crippen LogP contribution in [0.3, 0.4) is 0 Å². The van der Waals surface area contributed by atoms with Gasteiger partial charge in [0.25, 0.3) is 5.91 Å². The SMILES string of the molecule is CC(c1ccccc1)N1CCN(C(=O)c2csnn2)CC1. The van der Waals surface area contributed by atoms with Crippen molar-refractivity contribution in [1.29, 1.82) is 0 Å². The summed E-state index contributed by atoms with van der Waals surface area (Å²) in [6.07, 6.45) is 0. The fraction of sp³-hybridized carbons (Fsp3) is 0.400. The Morgan fingerprint density at radius 3 is 2.52 bits per heavy atom. The first-order chi connectivity index (χ1) is 10.3. The number of piperazine rings is 1. The van der Waals surface area contributed by atoms with Gasteiger partial charge in [-0.1, -0.05) is 34.8 Å². The van der Waals surface area contributed by atoms with E-state index < -0.39 is 0 Å². The van der Waals surface area contributed by atoms with E-state index in [0.717, 1.165) is 26.2 Å². The molecule has 0 radical (unpaired) electrons. The van der Waals surface area contributed by atoms with Crippen molar-refractivity contribution in [3.05, 3.63) is 47.0 Å². The second-order valence-corrected chi connectivity index (χ2v) is 5.81. The van der Waals surface area contributed by atoms with Gasteiger partial charge in [-0.2, -0.15) is 0 Å². The predicted octanol–water partition coefficient (Wildman–Crippen LogP) is 2.06. The molecular weight excluding hydrogens is 284 g/mol. The molecule has 1 saturated heterocycles. The molecule has 0 saturated carbocycles. The Morgan fingerprint density at radius 2 is 1.90 bits per heavy atom. The molecule has 0 spiro atoms. The van der Waals surface area contributed by atoms with E-state index in [1.165, 1.54) is 17.1 Å². The van der Waals surface area contributed by atoms with Crippen LogP contribution >= 0.6 is 11.5 Å². The lowest BCUT2D eigenvalue weighted by Gasteiger charge is -2.38. The Balaban J connectivity index is 1.59. The number of rotatable bonds is 3. The first-order valence-electron chi connectivity index (χ1n) is 7.11. The summed E-state index contributed by atoms with van der Waals surface area (Å²) < 4.78 is 3.75. The van der Waals surface area contributed by atoms with Crippen molar-refractivity contribution in [3.8, 4) is 0 Å². The van der Waals surface area contributed by atoms with E-state index >= 15 is 0 Å². The zero-order valence-electron chi connectivity index (χ0n) is 12.0. The van der Waals surface area contributed by atoms with E-state index in [1.54, 1.807) is 5.38 Å². The summed E-state index contributed by atoms with van der Waals surface area (Å²) in [7, 11) is 0. The molecule has 0 bridgehead atoms. The van der Waals surface area contributed by atoms with E-state index in [1.807, 2.05) is 11.0 Å². The molecular formula is C15H18N4OS. The van der Waals surface area contributed by atoms with Crippen LogP contribution in [0, 0.1) is 0 Å². The normalized spacial score (nSPS) is 17.7. The van der Waals surface area contributed by atoms with Crippen molar-refractivity contribution in [3.63, 3.8) is 0 Å². The van der Waals surface area contributed by atoms with E-state index in [-0.39, 0.29) is 5.91 Å². The quantitative estimate of drug-likeness (QED) is 0.871. The van der Waals surface area contributed by atoms with Crippen LogP contribution in [0.25, 0.3) is 0 Å². The van der Waals surface area contributed by atoms with Crippen LogP contribution < -0.4 is 0 Å². The summed E-state index contributed by atoms with van der Waals surface area (Å²) in [5.41, 5.74) is 1.78. The number of hydrogen-bond acceptors (Lipinski definition) is 5. The molecule has 6 heteroatoms. The first-order valence-corrected chi connectivity index (χ1v) is 7.94. The van der Waals surface area contributed by atoms with E-state index in [4.69, 9.17) is 0 Å². The molecule has 1 aromatic carbocycles. The molecule has 1 unspecified atom stereocenters. The molecule has 0 aliphatic carbocycles. The number of hydrogen-bond donors (Lipinski definition) is 0. The highest BCUT2D eigenvalue weighted by Gasteiger charge is 2.26. The Hall–Kier alpha value is -1.79. The molecule has 1 aliphatic heterocycles. The Kier molecular flexibility index (Phi) is 4.26. The lowest BCUT2D eigenvalue weighted by molar-refractivity contribution is 0.0576. The number of carbonyl (C=O) groups is 1. The van der Waals surface area contributed by atoms with Gasteiger partial charge >= 0.3 is 0 Å². The summed E-state index contributed by atoms with van der Waals surface area (Å²) in [5.74, 6) is -0.00392. The zero-order valence-corrected chi connectivity index (χ0v) is 12.8. The van der Waals surface area contributed by atoms with Gasteiger partial charge in [0.05, 0.1) is 0 Å². The van der Waals surface area contributed by atoms with Crippen LogP contribution in [0.4, 0.5) is 0 Å². The Bertz CT molecular complexity index is 579. The summed E-state index contributed by atoms with van der Waals surface area (Å²) in [4.78, 5) is 16.5. The topological polar surface area (TPSA) is 49.3 Å². The maximum absolute atomic E-state index is 12.2. The molecule has 1 aromatic heterocycles. The van der Waals surface area contributed by atoms with Crippen LogP contribution in [0.15, 0.2) is 35.7 Å². The highest BCUT2D eigenvalue weighted by atomic mass is 32.1. The van der Waals surface area contributed by atoms with Gasteiger partial charge in [0, 0.05) is 37.6 Å². The van der Waals surface area contributed by atoms with Crippen molar-refractivity contribution >= 4 is 17.4 Å². The third-order valence-electron chi connectivity index (χ3n) is 4.01. The van der Waals surface area contributed by atoms with Crippen molar-refractivity contribution in [1.82, 2.24) is 19.4 Å². The van der Waals surface area contributed by atoms with Gasteiger partial charge in [-0.3, -0.25) is 9.69 Å². The van der Waals surface area contributed by atoms with E-state index in [2.05, 4.69) is 45.7 Å². The number of benzene rings is 1. The van der Waals surface area contributed by atoms with Gasteiger partial charge < -0.3 is 4.90 Å². The van der Waals surface area contributed by atoms with Crippen LogP contribution in [-0.2, 0) is 0 Å². The van der Waals surface area contributed by atoms with E-state index in [9.17, 15) is 4.79 Å². The minimum Gasteiger partial charge on any atom is -0.335 e. The minimum atomic E-state index is -0.00392. The third kappa shape index (κ3) is 3.11. The molecule has 5 nitrogen and oxygen atoms in total. The largest absolute Gasteiger partial charge is 0.335 e. The van der Waals surface area contributed by atoms with Crippen LogP contribution in [0.2, 0.25) is 0 Å². The summed E-state index contributed by atoms with van der Waals surface area (Å²) in [5, 5.41) is 5.57. The monoisotopic (exact) mass is 302 g/mol. The Labute approximate surface area is 128 Å². The molecule has 2 heterocycles.